The molecule has 2 heterocycles. The fourth-order valence-electron chi connectivity index (χ4n) is 4.71. The summed E-state index contributed by atoms with van der Waals surface area (Å²) >= 11 is 0. The van der Waals surface area contributed by atoms with Crippen molar-refractivity contribution in [2.75, 3.05) is 24.3 Å². The van der Waals surface area contributed by atoms with Crippen LogP contribution in [0.2, 0.25) is 0 Å². The van der Waals surface area contributed by atoms with Crippen molar-refractivity contribution in [1.29, 1.82) is 0 Å². The van der Waals surface area contributed by atoms with Crippen molar-refractivity contribution in [1.82, 2.24) is 19.9 Å². The molecular formula is C22H32ClN7O3. The molecule has 1 amide bonds. The van der Waals surface area contributed by atoms with Crippen LogP contribution < -0.4 is 15.5 Å². The highest BCUT2D eigenvalue weighted by Gasteiger charge is 2.26. The molecule has 10 nitrogen and oxygen atoms in total. The summed E-state index contributed by atoms with van der Waals surface area (Å²) < 4.78 is 1.50. The van der Waals surface area contributed by atoms with E-state index in [9.17, 15) is 14.9 Å². The molecule has 33 heavy (non-hydrogen) atoms. The molecule has 2 N–H and O–H groups in total. The maximum Gasteiger partial charge on any atom is 0.287 e. The average Bonchev–Trinajstić information content (AvgIpc) is 3.16. The monoisotopic (exact) mass is 477 g/mol. The Kier molecular flexibility index (Phi) is 7.78. The van der Waals surface area contributed by atoms with E-state index >= 15 is 0 Å². The lowest BCUT2D eigenvalue weighted by atomic mass is 9.91. The van der Waals surface area contributed by atoms with Crippen molar-refractivity contribution in [2.45, 2.75) is 63.5 Å². The van der Waals surface area contributed by atoms with Crippen LogP contribution in [0.1, 0.15) is 60.3 Å². The van der Waals surface area contributed by atoms with Crippen LogP contribution in [0.5, 0.6) is 0 Å². The minimum Gasteiger partial charge on any atom is -0.362 e. The Morgan fingerprint density at radius 3 is 2.45 bits per heavy atom. The van der Waals surface area contributed by atoms with Gasteiger partial charge in [-0.05, 0) is 51.4 Å². The van der Waals surface area contributed by atoms with E-state index in [-0.39, 0.29) is 36.1 Å². The zero-order valence-corrected chi connectivity index (χ0v) is 20.2. The van der Waals surface area contributed by atoms with Crippen molar-refractivity contribution >= 4 is 35.8 Å². The van der Waals surface area contributed by atoms with Crippen molar-refractivity contribution < 1.29 is 9.72 Å². The number of hydrogen-bond donors (Lipinski definition) is 2. The lowest BCUT2D eigenvalue weighted by molar-refractivity contribution is -0.384. The summed E-state index contributed by atoms with van der Waals surface area (Å²) in [4.78, 5) is 34.7. The SMILES string of the molecule is CN(C)c1nc(NC2CCC(NC(=O)c3cc([N+](=O)[O-])cn3C)CC2)nc2c1CCCC2.Cl. The molecule has 0 bridgehead atoms. The first kappa shape index (κ1) is 24.8. The summed E-state index contributed by atoms with van der Waals surface area (Å²) in [6.07, 6.45) is 9.23. The summed E-state index contributed by atoms with van der Waals surface area (Å²) in [5.41, 5.74) is 2.66. The largest absolute Gasteiger partial charge is 0.362 e. The van der Waals surface area contributed by atoms with Crippen LogP contribution in [-0.2, 0) is 19.9 Å². The van der Waals surface area contributed by atoms with Gasteiger partial charge in [0.1, 0.15) is 11.5 Å². The topological polar surface area (TPSA) is 118 Å². The van der Waals surface area contributed by atoms with Crippen molar-refractivity contribution in [3.63, 3.8) is 0 Å². The number of hydrogen-bond acceptors (Lipinski definition) is 7. The predicted octanol–water partition coefficient (Wildman–Crippen LogP) is 3.24. The van der Waals surface area contributed by atoms with Crippen LogP contribution in [-0.4, -0.2) is 51.5 Å². The highest BCUT2D eigenvalue weighted by molar-refractivity contribution is 5.93. The molecule has 1 fully saturated rings. The van der Waals surface area contributed by atoms with Gasteiger partial charge in [-0.25, -0.2) is 4.98 Å². The van der Waals surface area contributed by atoms with E-state index in [2.05, 4.69) is 15.5 Å². The molecule has 11 heteroatoms. The van der Waals surface area contributed by atoms with Crippen molar-refractivity contribution in [3.05, 3.63) is 39.3 Å². The third-order valence-electron chi connectivity index (χ3n) is 6.41. The number of carbonyl (C=O) groups excluding carboxylic acids is 1. The molecule has 0 saturated heterocycles. The van der Waals surface area contributed by atoms with Gasteiger partial charge in [0.05, 0.1) is 16.8 Å². The Labute approximate surface area is 199 Å². The first-order valence-corrected chi connectivity index (χ1v) is 11.3. The van der Waals surface area contributed by atoms with Crippen LogP contribution in [0.3, 0.4) is 0 Å². The van der Waals surface area contributed by atoms with Crippen molar-refractivity contribution in [2.24, 2.45) is 7.05 Å². The van der Waals surface area contributed by atoms with Gasteiger partial charge in [0, 0.05) is 44.9 Å². The van der Waals surface area contributed by atoms with Gasteiger partial charge in [-0.15, -0.1) is 12.4 Å². The molecule has 4 rings (SSSR count). The quantitative estimate of drug-likeness (QED) is 0.484. The van der Waals surface area contributed by atoms with E-state index in [1.54, 1.807) is 7.05 Å². The number of aryl methyl sites for hydroxylation is 2. The van der Waals surface area contributed by atoms with E-state index in [0.29, 0.717) is 11.6 Å². The number of amides is 1. The Morgan fingerprint density at radius 1 is 1.15 bits per heavy atom. The number of rotatable bonds is 6. The number of carbonyl (C=O) groups is 1. The predicted molar refractivity (Wildman–Crippen MR) is 129 cm³/mol. The fourth-order valence-corrected chi connectivity index (χ4v) is 4.71. The molecule has 0 atom stereocenters. The van der Waals surface area contributed by atoms with E-state index in [1.165, 1.54) is 35.2 Å². The van der Waals surface area contributed by atoms with Gasteiger partial charge in [0.15, 0.2) is 0 Å². The molecule has 0 unspecified atom stereocenters. The van der Waals surface area contributed by atoms with E-state index in [0.717, 1.165) is 50.0 Å². The molecule has 180 valence electrons. The number of anilines is 2. The number of aromatic nitrogens is 3. The second-order valence-corrected chi connectivity index (χ2v) is 9.02. The highest BCUT2D eigenvalue weighted by Crippen LogP contribution is 2.29. The first-order valence-electron chi connectivity index (χ1n) is 11.3. The van der Waals surface area contributed by atoms with Crippen LogP contribution in [0.25, 0.3) is 0 Å². The molecule has 2 aromatic heterocycles. The second kappa shape index (κ2) is 10.4. The molecule has 0 aromatic carbocycles. The van der Waals surface area contributed by atoms with Gasteiger partial charge in [-0.1, -0.05) is 0 Å². The highest BCUT2D eigenvalue weighted by atomic mass is 35.5. The van der Waals surface area contributed by atoms with Gasteiger partial charge in [0.25, 0.3) is 11.6 Å². The maximum absolute atomic E-state index is 12.6. The molecular weight excluding hydrogens is 446 g/mol. The number of nitro groups is 1. The van der Waals surface area contributed by atoms with Crippen LogP contribution >= 0.6 is 12.4 Å². The Balaban J connectivity index is 0.00000306. The summed E-state index contributed by atoms with van der Waals surface area (Å²) in [6, 6.07) is 1.63. The lowest BCUT2D eigenvalue weighted by Gasteiger charge is -2.30. The first-order chi connectivity index (χ1) is 15.3. The third-order valence-corrected chi connectivity index (χ3v) is 6.41. The standard InChI is InChI=1S/C22H31N7O3.ClH/c1-27(2)20-17-6-4-5-7-18(17)25-22(26-20)24-15-10-8-14(9-11-15)23-21(30)19-12-16(29(31)32)13-28(19)3;/h12-15H,4-11H2,1-3H3,(H,23,30)(H,24,25,26);1H. The number of fused-ring (bicyclic) bond motifs is 1. The van der Waals surface area contributed by atoms with Crippen LogP contribution in [0.4, 0.5) is 17.5 Å². The summed E-state index contributed by atoms with van der Waals surface area (Å²) in [5.74, 6) is 1.43. The number of halogens is 1. The van der Waals surface area contributed by atoms with Crippen LogP contribution in [0.15, 0.2) is 12.3 Å². The molecule has 0 radical (unpaired) electrons. The zero-order chi connectivity index (χ0) is 22.8. The smallest absolute Gasteiger partial charge is 0.287 e. The molecule has 0 spiro atoms. The van der Waals surface area contributed by atoms with Gasteiger partial charge in [0.2, 0.25) is 5.95 Å². The van der Waals surface area contributed by atoms with Gasteiger partial charge >= 0.3 is 0 Å². The molecule has 2 aliphatic rings. The summed E-state index contributed by atoms with van der Waals surface area (Å²) in [6.45, 7) is 0. The summed E-state index contributed by atoms with van der Waals surface area (Å²) in [5, 5.41) is 17.5. The summed E-state index contributed by atoms with van der Waals surface area (Å²) in [7, 11) is 5.69. The molecule has 2 aromatic rings. The molecule has 0 aliphatic heterocycles. The lowest BCUT2D eigenvalue weighted by Crippen LogP contribution is -2.40. The Hall–Kier alpha value is -2.88. The van der Waals surface area contributed by atoms with E-state index in [1.807, 2.05) is 14.1 Å². The van der Waals surface area contributed by atoms with Gasteiger partial charge in [-0.3, -0.25) is 14.9 Å². The Morgan fingerprint density at radius 2 is 1.82 bits per heavy atom. The van der Waals surface area contributed by atoms with E-state index < -0.39 is 4.92 Å². The number of nitrogens with zero attached hydrogens (tertiary/aromatic N) is 5. The molecule has 2 aliphatic carbocycles. The normalized spacial score (nSPS) is 19.7. The van der Waals surface area contributed by atoms with Crippen LogP contribution in [0, 0.1) is 10.1 Å². The fraction of sp³-hybridized carbons (Fsp3) is 0.591. The van der Waals surface area contributed by atoms with Crippen molar-refractivity contribution in [3.8, 4) is 0 Å². The minimum atomic E-state index is -0.488. The minimum absolute atomic E-state index is 0. The molecule has 1 saturated carbocycles. The average molecular weight is 478 g/mol. The third kappa shape index (κ3) is 5.55. The number of nitrogens with one attached hydrogen (secondary N) is 2. The van der Waals surface area contributed by atoms with E-state index in [4.69, 9.17) is 9.97 Å². The Bertz CT molecular complexity index is 1020. The zero-order valence-electron chi connectivity index (χ0n) is 19.3. The van der Waals surface area contributed by atoms with Gasteiger partial charge < -0.3 is 20.1 Å². The second-order valence-electron chi connectivity index (χ2n) is 9.02. The maximum atomic E-state index is 12.6. The van der Waals surface area contributed by atoms with Gasteiger partial charge in [-0.2, -0.15) is 4.98 Å².